The Morgan fingerprint density at radius 3 is 2.18 bits per heavy atom. The smallest absolute Gasteiger partial charge is 0.294 e. The van der Waals surface area contributed by atoms with Gasteiger partial charge in [-0.25, -0.2) is 0 Å². The highest BCUT2D eigenvalue weighted by molar-refractivity contribution is 6.01. The molecule has 0 amide bonds. The van der Waals surface area contributed by atoms with E-state index in [1.165, 1.54) is 12.1 Å². The van der Waals surface area contributed by atoms with Crippen LogP contribution in [-0.4, -0.2) is 5.78 Å². The minimum absolute atomic E-state index is 0.0833. The van der Waals surface area contributed by atoms with Crippen molar-refractivity contribution in [2.24, 2.45) is 5.92 Å². The second kappa shape index (κ2) is 4.97. The molecular weight excluding hydrogens is 289 g/mol. The lowest BCUT2D eigenvalue weighted by Gasteiger charge is -2.12. The van der Waals surface area contributed by atoms with E-state index < -0.39 is 11.7 Å². The predicted octanol–water partition coefficient (Wildman–Crippen LogP) is 4.87. The number of carbonyl (C=O) groups is 1. The van der Waals surface area contributed by atoms with E-state index in [-0.39, 0.29) is 17.1 Å². The first-order valence-electron chi connectivity index (χ1n) is 7.09. The normalized spacial score (nSPS) is 24.1. The van der Waals surface area contributed by atoms with Gasteiger partial charge in [0.15, 0.2) is 5.78 Å². The highest BCUT2D eigenvalue weighted by Gasteiger charge is 2.55. The largest absolute Gasteiger partial charge is 0.416 e. The molecule has 0 bridgehead atoms. The van der Waals surface area contributed by atoms with Crippen LogP contribution in [0.3, 0.4) is 0 Å². The summed E-state index contributed by atoms with van der Waals surface area (Å²) in [5, 5.41) is 0. The summed E-state index contributed by atoms with van der Waals surface area (Å²) in [6.45, 7) is 2.02. The van der Waals surface area contributed by atoms with Crippen LogP contribution in [0.25, 0.3) is 0 Å². The van der Waals surface area contributed by atoms with Crippen molar-refractivity contribution >= 4 is 5.78 Å². The van der Waals surface area contributed by atoms with Crippen LogP contribution in [0.15, 0.2) is 54.6 Å². The Kier molecular flexibility index (Phi) is 3.35. The Bertz CT molecular complexity index is 689. The summed E-state index contributed by atoms with van der Waals surface area (Å²) in [6, 6.07) is 14.2. The molecule has 0 heterocycles. The van der Waals surface area contributed by atoms with Gasteiger partial charge >= 0.3 is 6.18 Å². The number of halogens is 3. The lowest BCUT2D eigenvalue weighted by atomic mass is 9.92. The fourth-order valence-corrected chi connectivity index (χ4v) is 2.91. The standard InChI is InChI=1S/C18H15F3O/c1-17(13-5-3-2-4-6-13)11-15(17)16(22)12-7-9-14(10-8-12)18(19,20)21/h2-10,15H,11H2,1H3/t15-,17-/m1/s1. The predicted molar refractivity (Wildman–Crippen MR) is 77.7 cm³/mol. The third kappa shape index (κ3) is 2.54. The zero-order chi connectivity index (χ0) is 16.0. The van der Waals surface area contributed by atoms with Crippen molar-refractivity contribution in [3.8, 4) is 0 Å². The van der Waals surface area contributed by atoms with Crippen molar-refractivity contribution in [3.63, 3.8) is 0 Å². The molecule has 2 aromatic rings. The van der Waals surface area contributed by atoms with Gasteiger partial charge in [0.05, 0.1) is 5.56 Å². The number of hydrogen-bond donors (Lipinski definition) is 0. The van der Waals surface area contributed by atoms with E-state index in [9.17, 15) is 18.0 Å². The fourth-order valence-electron chi connectivity index (χ4n) is 2.91. The van der Waals surface area contributed by atoms with E-state index in [0.717, 1.165) is 24.1 Å². The quantitative estimate of drug-likeness (QED) is 0.740. The van der Waals surface area contributed by atoms with Crippen LogP contribution in [-0.2, 0) is 11.6 Å². The van der Waals surface area contributed by atoms with Crippen LogP contribution in [0.2, 0.25) is 0 Å². The minimum atomic E-state index is -4.38. The molecule has 0 radical (unpaired) electrons. The highest BCUT2D eigenvalue weighted by atomic mass is 19.4. The van der Waals surface area contributed by atoms with E-state index in [2.05, 4.69) is 0 Å². The van der Waals surface area contributed by atoms with Crippen molar-refractivity contribution in [2.75, 3.05) is 0 Å². The Morgan fingerprint density at radius 2 is 1.64 bits per heavy atom. The van der Waals surface area contributed by atoms with Gasteiger partial charge in [-0.15, -0.1) is 0 Å². The van der Waals surface area contributed by atoms with E-state index in [1.54, 1.807) is 0 Å². The van der Waals surface area contributed by atoms with Gasteiger partial charge in [0.1, 0.15) is 0 Å². The molecule has 0 unspecified atom stereocenters. The molecule has 1 saturated carbocycles. The molecule has 1 aliphatic carbocycles. The monoisotopic (exact) mass is 304 g/mol. The number of carbonyl (C=O) groups excluding carboxylic acids is 1. The maximum Gasteiger partial charge on any atom is 0.416 e. The second-order valence-corrected chi connectivity index (χ2v) is 5.98. The van der Waals surface area contributed by atoms with E-state index in [4.69, 9.17) is 0 Å². The van der Waals surface area contributed by atoms with E-state index in [1.807, 2.05) is 37.3 Å². The first kappa shape index (κ1) is 14.8. The number of alkyl halides is 3. The molecule has 1 aliphatic rings. The van der Waals surface area contributed by atoms with Gasteiger partial charge in [-0.3, -0.25) is 4.79 Å². The summed E-state index contributed by atoms with van der Waals surface area (Å²) in [4.78, 5) is 12.5. The Hall–Kier alpha value is -2.10. The summed E-state index contributed by atoms with van der Waals surface area (Å²) in [5.74, 6) is -0.244. The number of rotatable bonds is 3. The number of benzene rings is 2. The van der Waals surface area contributed by atoms with Crippen molar-refractivity contribution in [1.29, 1.82) is 0 Å². The third-order valence-corrected chi connectivity index (χ3v) is 4.48. The summed E-state index contributed by atoms with van der Waals surface area (Å²) >= 11 is 0. The highest BCUT2D eigenvalue weighted by Crippen LogP contribution is 2.55. The van der Waals surface area contributed by atoms with Gasteiger partial charge in [-0.1, -0.05) is 49.4 Å². The second-order valence-electron chi connectivity index (χ2n) is 5.98. The zero-order valence-electron chi connectivity index (χ0n) is 12.0. The molecule has 0 aliphatic heterocycles. The average Bonchev–Trinajstić information content (AvgIpc) is 3.20. The van der Waals surface area contributed by atoms with Crippen molar-refractivity contribution in [2.45, 2.75) is 24.9 Å². The average molecular weight is 304 g/mol. The Morgan fingerprint density at radius 1 is 1.05 bits per heavy atom. The van der Waals surface area contributed by atoms with Crippen LogP contribution >= 0.6 is 0 Å². The fraction of sp³-hybridized carbons (Fsp3) is 0.278. The first-order chi connectivity index (χ1) is 10.3. The third-order valence-electron chi connectivity index (χ3n) is 4.48. The molecular formula is C18H15F3O. The van der Waals surface area contributed by atoms with Crippen molar-refractivity contribution in [3.05, 3.63) is 71.3 Å². The van der Waals surface area contributed by atoms with Gasteiger partial charge in [-0.05, 0) is 24.1 Å². The lowest BCUT2D eigenvalue weighted by molar-refractivity contribution is -0.137. The molecule has 0 spiro atoms. The molecule has 2 aromatic carbocycles. The number of ketones is 1. The first-order valence-corrected chi connectivity index (χ1v) is 7.09. The van der Waals surface area contributed by atoms with Crippen LogP contribution in [0.4, 0.5) is 13.2 Å². The Balaban J connectivity index is 1.79. The molecule has 0 saturated heterocycles. The SMILES string of the molecule is C[C@]1(c2ccccc2)C[C@@H]1C(=O)c1ccc(C(F)(F)F)cc1. The van der Waals surface area contributed by atoms with Crippen LogP contribution in [0.1, 0.15) is 34.8 Å². The van der Waals surface area contributed by atoms with Crippen LogP contribution in [0, 0.1) is 5.92 Å². The Labute approximate surface area is 126 Å². The van der Waals surface area contributed by atoms with E-state index in [0.29, 0.717) is 5.56 Å². The summed E-state index contributed by atoms with van der Waals surface area (Å²) in [6.07, 6.45) is -3.64. The van der Waals surface area contributed by atoms with Crippen molar-refractivity contribution in [1.82, 2.24) is 0 Å². The number of hydrogen-bond acceptors (Lipinski definition) is 1. The summed E-state index contributed by atoms with van der Waals surface area (Å²) < 4.78 is 37.7. The molecule has 22 heavy (non-hydrogen) atoms. The molecule has 0 aromatic heterocycles. The molecule has 4 heteroatoms. The van der Waals surface area contributed by atoms with Crippen LogP contribution < -0.4 is 0 Å². The van der Waals surface area contributed by atoms with Gasteiger partial charge in [0.25, 0.3) is 0 Å². The lowest BCUT2D eigenvalue weighted by Crippen LogP contribution is -2.12. The molecule has 3 rings (SSSR count). The molecule has 0 N–H and O–H groups in total. The topological polar surface area (TPSA) is 17.1 Å². The van der Waals surface area contributed by atoms with Crippen molar-refractivity contribution < 1.29 is 18.0 Å². The van der Waals surface area contributed by atoms with Gasteiger partial charge < -0.3 is 0 Å². The maximum absolute atomic E-state index is 12.6. The minimum Gasteiger partial charge on any atom is -0.294 e. The maximum atomic E-state index is 12.6. The summed E-state index contributed by atoms with van der Waals surface area (Å²) in [5.41, 5.74) is 0.504. The van der Waals surface area contributed by atoms with Gasteiger partial charge in [0.2, 0.25) is 0 Å². The van der Waals surface area contributed by atoms with Gasteiger partial charge in [0, 0.05) is 16.9 Å². The molecule has 2 atom stereocenters. The summed E-state index contributed by atoms with van der Waals surface area (Å²) in [7, 11) is 0. The molecule has 1 fully saturated rings. The van der Waals surface area contributed by atoms with E-state index >= 15 is 0 Å². The molecule has 114 valence electrons. The molecule has 1 nitrogen and oxygen atoms in total. The zero-order valence-corrected chi connectivity index (χ0v) is 12.0. The van der Waals surface area contributed by atoms with Gasteiger partial charge in [-0.2, -0.15) is 13.2 Å². The van der Waals surface area contributed by atoms with Crippen LogP contribution in [0.5, 0.6) is 0 Å². The number of Topliss-reactive ketones (excluding diaryl/α,β-unsaturated/α-hetero) is 1.